The van der Waals surface area contributed by atoms with Crippen molar-refractivity contribution in [3.63, 3.8) is 0 Å². The smallest absolute Gasteiger partial charge is 0.330 e. The molecule has 1 aliphatic heterocycles. The molecule has 1 aromatic carbocycles. The maximum Gasteiger partial charge on any atom is 0.330 e. The van der Waals surface area contributed by atoms with E-state index in [1.54, 1.807) is 18.2 Å². The molecule has 1 heterocycles. The van der Waals surface area contributed by atoms with E-state index < -0.39 is 24.3 Å². The minimum Gasteiger partial charge on any atom is -0.456 e. The summed E-state index contributed by atoms with van der Waals surface area (Å²) >= 11 is 0. The molecule has 0 amide bonds. The highest BCUT2D eigenvalue weighted by atomic mass is 16.7. The van der Waals surface area contributed by atoms with E-state index in [1.165, 1.54) is 13.2 Å². The monoisotopic (exact) mass is 278 g/mol. The molecule has 0 aliphatic carbocycles. The Hall–Kier alpha value is -1.69. The SMILES string of the molecule is COCO[C@H](C(O)c1ccccc1)[C@H]1CC=CC(=O)O1. The minimum atomic E-state index is -0.893. The highest BCUT2D eigenvalue weighted by molar-refractivity contribution is 5.82. The molecule has 3 atom stereocenters. The summed E-state index contributed by atoms with van der Waals surface area (Å²) < 4.78 is 15.6. The van der Waals surface area contributed by atoms with Crippen molar-refractivity contribution in [2.24, 2.45) is 0 Å². The molecule has 20 heavy (non-hydrogen) atoms. The quantitative estimate of drug-likeness (QED) is 0.632. The lowest BCUT2D eigenvalue weighted by Gasteiger charge is -2.31. The van der Waals surface area contributed by atoms with Crippen LogP contribution in [0.15, 0.2) is 42.5 Å². The van der Waals surface area contributed by atoms with Crippen LogP contribution in [0.1, 0.15) is 18.1 Å². The number of carbonyl (C=O) groups is 1. The van der Waals surface area contributed by atoms with E-state index in [0.717, 1.165) is 0 Å². The topological polar surface area (TPSA) is 65.0 Å². The normalized spacial score (nSPS) is 21.3. The lowest BCUT2D eigenvalue weighted by molar-refractivity contribution is -0.177. The van der Waals surface area contributed by atoms with Gasteiger partial charge in [0.15, 0.2) is 0 Å². The number of esters is 1. The molecule has 0 bridgehead atoms. The Morgan fingerprint density at radius 3 is 2.80 bits per heavy atom. The van der Waals surface area contributed by atoms with Gasteiger partial charge in [0.2, 0.25) is 0 Å². The number of cyclic esters (lactones) is 1. The fourth-order valence-electron chi connectivity index (χ4n) is 2.12. The highest BCUT2D eigenvalue weighted by Gasteiger charge is 2.33. The van der Waals surface area contributed by atoms with Gasteiger partial charge in [-0.25, -0.2) is 4.79 Å². The van der Waals surface area contributed by atoms with Crippen molar-refractivity contribution >= 4 is 5.97 Å². The molecule has 1 aliphatic rings. The second-order valence-corrected chi connectivity index (χ2v) is 4.51. The summed E-state index contributed by atoms with van der Waals surface area (Å²) in [7, 11) is 1.50. The molecule has 0 radical (unpaired) electrons. The Morgan fingerprint density at radius 2 is 2.15 bits per heavy atom. The Kier molecular flexibility index (Phi) is 5.29. The van der Waals surface area contributed by atoms with Crippen LogP contribution in [0.25, 0.3) is 0 Å². The number of ether oxygens (including phenoxy) is 3. The molecule has 0 saturated carbocycles. The van der Waals surface area contributed by atoms with Crippen LogP contribution < -0.4 is 0 Å². The van der Waals surface area contributed by atoms with Gasteiger partial charge in [-0.05, 0) is 5.56 Å². The molecule has 0 aromatic heterocycles. The van der Waals surface area contributed by atoms with Gasteiger partial charge in [-0.3, -0.25) is 0 Å². The van der Waals surface area contributed by atoms with Gasteiger partial charge < -0.3 is 19.3 Å². The number of benzene rings is 1. The van der Waals surface area contributed by atoms with Crippen LogP contribution >= 0.6 is 0 Å². The fraction of sp³-hybridized carbons (Fsp3) is 0.400. The number of rotatable bonds is 6. The number of carbonyl (C=O) groups excluding carboxylic acids is 1. The summed E-state index contributed by atoms with van der Waals surface area (Å²) in [6, 6.07) is 9.13. The van der Waals surface area contributed by atoms with Gasteiger partial charge in [-0.1, -0.05) is 36.4 Å². The highest BCUT2D eigenvalue weighted by Crippen LogP contribution is 2.26. The van der Waals surface area contributed by atoms with Gasteiger partial charge in [-0.2, -0.15) is 0 Å². The van der Waals surface area contributed by atoms with Crippen molar-refractivity contribution < 1.29 is 24.1 Å². The lowest BCUT2D eigenvalue weighted by Crippen LogP contribution is -2.39. The minimum absolute atomic E-state index is 0.0202. The number of hydrogen-bond acceptors (Lipinski definition) is 5. The largest absolute Gasteiger partial charge is 0.456 e. The Labute approximate surface area is 117 Å². The van der Waals surface area contributed by atoms with Crippen molar-refractivity contribution in [3.8, 4) is 0 Å². The van der Waals surface area contributed by atoms with Crippen LogP contribution in [-0.2, 0) is 19.0 Å². The maximum absolute atomic E-state index is 11.3. The van der Waals surface area contributed by atoms with E-state index in [1.807, 2.05) is 18.2 Å². The maximum atomic E-state index is 11.3. The zero-order valence-electron chi connectivity index (χ0n) is 11.3. The second-order valence-electron chi connectivity index (χ2n) is 4.51. The molecule has 2 rings (SSSR count). The van der Waals surface area contributed by atoms with Crippen LogP contribution in [0.5, 0.6) is 0 Å². The zero-order chi connectivity index (χ0) is 14.4. The molecule has 0 fully saturated rings. The first-order valence-corrected chi connectivity index (χ1v) is 6.43. The molecule has 5 nitrogen and oxygen atoms in total. The van der Waals surface area contributed by atoms with E-state index in [9.17, 15) is 9.90 Å². The average Bonchev–Trinajstić information content (AvgIpc) is 2.48. The molecule has 1 N–H and O–H groups in total. The first kappa shape index (κ1) is 14.7. The summed E-state index contributed by atoms with van der Waals surface area (Å²) in [5.74, 6) is -0.424. The van der Waals surface area contributed by atoms with Gasteiger partial charge in [0, 0.05) is 19.6 Å². The Bertz CT molecular complexity index is 457. The van der Waals surface area contributed by atoms with Crippen LogP contribution in [0, 0.1) is 0 Å². The molecular formula is C15H18O5. The molecule has 5 heteroatoms. The predicted octanol–water partition coefficient (Wildman–Crippen LogP) is 1.58. The Morgan fingerprint density at radius 1 is 1.40 bits per heavy atom. The van der Waals surface area contributed by atoms with Crippen molar-refractivity contribution in [2.45, 2.75) is 24.7 Å². The first-order chi connectivity index (χ1) is 9.72. The average molecular weight is 278 g/mol. The van der Waals surface area contributed by atoms with Gasteiger partial charge in [-0.15, -0.1) is 0 Å². The molecule has 0 saturated heterocycles. The van der Waals surface area contributed by atoms with E-state index in [4.69, 9.17) is 14.2 Å². The summed E-state index contributed by atoms with van der Waals surface area (Å²) in [4.78, 5) is 11.3. The number of hydrogen-bond donors (Lipinski definition) is 1. The predicted molar refractivity (Wildman–Crippen MR) is 71.8 cm³/mol. The van der Waals surface area contributed by atoms with Gasteiger partial charge >= 0.3 is 5.97 Å². The first-order valence-electron chi connectivity index (χ1n) is 6.43. The van der Waals surface area contributed by atoms with E-state index in [2.05, 4.69) is 0 Å². The third kappa shape index (κ3) is 3.66. The summed E-state index contributed by atoms with van der Waals surface area (Å²) in [6.45, 7) is 0.0202. The van der Waals surface area contributed by atoms with E-state index in [0.29, 0.717) is 12.0 Å². The van der Waals surface area contributed by atoms with Crippen molar-refractivity contribution in [1.29, 1.82) is 0 Å². The number of aliphatic hydroxyl groups excluding tert-OH is 1. The zero-order valence-corrected chi connectivity index (χ0v) is 11.3. The third-order valence-corrected chi connectivity index (χ3v) is 3.09. The summed E-state index contributed by atoms with van der Waals surface area (Å²) in [5.41, 5.74) is 0.708. The van der Waals surface area contributed by atoms with Crippen LogP contribution in [0.3, 0.4) is 0 Å². The second kappa shape index (κ2) is 7.19. The van der Waals surface area contributed by atoms with Gasteiger partial charge in [0.1, 0.15) is 25.1 Å². The molecule has 1 unspecified atom stereocenters. The summed E-state index contributed by atoms with van der Waals surface area (Å²) in [5, 5.41) is 10.4. The molecule has 108 valence electrons. The van der Waals surface area contributed by atoms with Gasteiger partial charge in [0.05, 0.1) is 0 Å². The van der Waals surface area contributed by atoms with Crippen LogP contribution in [-0.4, -0.2) is 37.2 Å². The standard InChI is InChI=1S/C15H18O5/c1-18-10-19-15(12-8-5-9-13(16)20-12)14(17)11-6-3-2-4-7-11/h2-7,9,12,14-15,17H,8,10H2,1H3/t12-,14?,15+/m1/s1. The van der Waals surface area contributed by atoms with Crippen molar-refractivity contribution in [3.05, 3.63) is 48.0 Å². The lowest BCUT2D eigenvalue weighted by atomic mass is 9.97. The fourth-order valence-corrected chi connectivity index (χ4v) is 2.12. The molecule has 0 spiro atoms. The van der Waals surface area contributed by atoms with Crippen molar-refractivity contribution in [1.82, 2.24) is 0 Å². The number of aliphatic hydroxyl groups is 1. The molecule has 1 aromatic rings. The van der Waals surface area contributed by atoms with E-state index in [-0.39, 0.29) is 6.79 Å². The van der Waals surface area contributed by atoms with Crippen LogP contribution in [0.4, 0.5) is 0 Å². The van der Waals surface area contributed by atoms with Gasteiger partial charge in [0.25, 0.3) is 0 Å². The van der Waals surface area contributed by atoms with E-state index >= 15 is 0 Å². The number of methoxy groups -OCH3 is 1. The molecular weight excluding hydrogens is 260 g/mol. The van der Waals surface area contributed by atoms with Crippen molar-refractivity contribution in [2.75, 3.05) is 13.9 Å². The Balaban J connectivity index is 2.14. The third-order valence-electron chi connectivity index (χ3n) is 3.09. The van der Waals surface area contributed by atoms with Crippen LogP contribution in [0.2, 0.25) is 0 Å². The summed E-state index contributed by atoms with van der Waals surface area (Å²) in [6.07, 6.45) is 1.50.